The summed E-state index contributed by atoms with van der Waals surface area (Å²) in [4.78, 5) is 20.7. The Labute approximate surface area is 150 Å². The largest absolute Gasteiger partial charge is 0.493 e. The smallest absolute Gasteiger partial charge is 0.312 e. The van der Waals surface area contributed by atoms with Gasteiger partial charge in [0.15, 0.2) is 0 Å². The van der Waals surface area contributed by atoms with Crippen LogP contribution in [-0.4, -0.2) is 54.2 Å². The van der Waals surface area contributed by atoms with Gasteiger partial charge in [-0.25, -0.2) is 0 Å². The predicted molar refractivity (Wildman–Crippen MR) is 95.6 cm³/mol. The zero-order valence-electron chi connectivity index (χ0n) is 14.2. The molecule has 0 amide bonds. The number of hydrogen-bond acceptors (Lipinski definition) is 7. The molecule has 0 bridgehead atoms. The lowest BCUT2D eigenvalue weighted by atomic mass is 9.74. The van der Waals surface area contributed by atoms with E-state index in [0.29, 0.717) is 32.1 Å². The number of nitrogens with zero attached hydrogens (tertiary/aromatic N) is 4. The van der Waals surface area contributed by atoms with E-state index in [-0.39, 0.29) is 5.92 Å². The number of carbonyl (C=O) groups is 1. The third-order valence-electron chi connectivity index (χ3n) is 5.11. The second kappa shape index (κ2) is 5.87. The molecular weight excluding hydrogens is 340 g/mol. The maximum absolute atomic E-state index is 12.3. The van der Waals surface area contributed by atoms with Crippen molar-refractivity contribution >= 4 is 28.6 Å². The summed E-state index contributed by atoms with van der Waals surface area (Å²) in [5.41, 5.74) is 0.0943. The number of hydrogen-bond donors (Lipinski definition) is 1. The number of benzene rings is 1. The van der Waals surface area contributed by atoms with Crippen molar-refractivity contribution in [2.75, 3.05) is 43.6 Å². The number of aliphatic carboxylic acids is 1. The molecule has 2 atom stereocenters. The van der Waals surface area contributed by atoms with Gasteiger partial charge in [-0.3, -0.25) is 4.79 Å². The first kappa shape index (κ1) is 16.1. The molecule has 0 spiro atoms. The van der Waals surface area contributed by atoms with Crippen molar-refractivity contribution < 1.29 is 14.6 Å². The number of carboxylic acid groups (broad SMARTS) is 1. The van der Waals surface area contributed by atoms with Gasteiger partial charge < -0.3 is 19.6 Å². The fraction of sp³-hybridized carbons (Fsp3) is 0.471. The monoisotopic (exact) mass is 360 g/mol. The van der Waals surface area contributed by atoms with Gasteiger partial charge in [0.25, 0.3) is 0 Å². The number of anilines is 2. The van der Waals surface area contributed by atoms with Gasteiger partial charge in [0.1, 0.15) is 5.75 Å². The molecule has 2 unspecified atom stereocenters. The van der Waals surface area contributed by atoms with Crippen LogP contribution in [0, 0.1) is 11.3 Å². The topological polar surface area (TPSA) is 78.8 Å². The maximum atomic E-state index is 12.3. The molecule has 2 aliphatic heterocycles. The van der Waals surface area contributed by atoms with Gasteiger partial charge in [-0.05, 0) is 18.1 Å². The van der Waals surface area contributed by atoms with E-state index in [0.717, 1.165) is 16.4 Å². The van der Waals surface area contributed by atoms with Crippen LogP contribution in [0.3, 0.4) is 0 Å². The second-order valence-electron chi connectivity index (χ2n) is 6.91. The lowest BCUT2D eigenvalue weighted by Crippen LogP contribution is -2.42. The summed E-state index contributed by atoms with van der Waals surface area (Å²) in [5, 5.41) is 10.9. The molecule has 1 saturated heterocycles. The van der Waals surface area contributed by atoms with Crippen molar-refractivity contribution in [3.05, 3.63) is 29.8 Å². The third-order valence-corrected chi connectivity index (χ3v) is 5.88. The van der Waals surface area contributed by atoms with E-state index in [4.69, 9.17) is 4.74 Å². The van der Waals surface area contributed by atoms with Crippen LogP contribution in [0.15, 0.2) is 24.3 Å². The van der Waals surface area contributed by atoms with Crippen LogP contribution < -0.4 is 14.5 Å². The first-order chi connectivity index (χ1) is 12.0. The van der Waals surface area contributed by atoms with E-state index >= 15 is 0 Å². The Morgan fingerprint density at radius 3 is 2.96 bits per heavy atom. The van der Waals surface area contributed by atoms with Crippen molar-refractivity contribution in [3.8, 4) is 5.75 Å². The molecule has 2 aliphatic rings. The summed E-state index contributed by atoms with van der Waals surface area (Å²) < 4.78 is 10.3. The number of aromatic nitrogens is 2. The third kappa shape index (κ3) is 2.60. The van der Waals surface area contributed by atoms with Crippen LogP contribution in [0.4, 0.5) is 11.1 Å². The van der Waals surface area contributed by atoms with Crippen LogP contribution in [0.25, 0.3) is 0 Å². The molecule has 2 aromatic rings. The summed E-state index contributed by atoms with van der Waals surface area (Å²) in [6, 6.07) is 7.72. The summed E-state index contributed by atoms with van der Waals surface area (Å²) in [7, 11) is 3.78. The Bertz CT molecular complexity index is 809. The lowest BCUT2D eigenvalue weighted by Gasteiger charge is -2.27. The Morgan fingerprint density at radius 1 is 1.44 bits per heavy atom. The van der Waals surface area contributed by atoms with Crippen LogP contribution in [0.1, 0.15) is 5.56 Å². The molecule has 0 aliphatic carbocycles. The zero-order chi connectivity index (χ0) is 17.6. The zero-order valence-corrected chi connectivity index (χ0v) is 15.0. The summed E-state index contributed by atoms with van der Waals surface area (Å²) in [6.45, 7) is 1.44. The van der Waals surface area contributed by atoms with E-state index in [1.807, 2.05) is 48.2 Å². The number of ether oxygens (including phenoxy) is 1. The summed E-state index contributed by atoms with van der Waals surface area (Å²) >= 11 is 1.31. The highest BCUT2D eigenvalue weighted by Gasteiger charge is 2.54. The lowest BCUT2D eigenvalue weighted by molar-refractivity contribution is -0.150. The van der Waals surface area contributed by atoms with Crippen molar-refractivity contribution in [3.63, 3.8) is 0 Å². The summed E-state index contributed by atoms with van der Waals surface area (Å²) in [5.74, 6) is 0.592. The van der Waals surface area contributed by atoms with Gasteiger partial charge in [0.05, 0.1) is 12.0 Å². The minimum Gasteiger partial charge on any atom is -0.493 e. The molecule has 0 saturated carbocycles. The number of carboxylic acids is 1. The number of rotatable bonds is 3. The Kier molecular flexibility index (Phi) is 3.79. The highest BCUT2D eigenvalue weighted by Crippen LogP contribution is 2.45. The average molecular weight is 360 g/mol. The summed E-state index contributed by atoms with van der Waals surface area (Å²) in [6.07, 6.45) is 0.471. The van der Waals surface area contributed by atoms with E-state index in [2.05, 4.69) is 9.36 Å². The second-order valence-corrected chi connectivity index (χ2v) is 7.64. The molecule has 4 rings (SSSR count). The van der Waals surface area contributed by atoms with E-state index in [1.54, 1.807) is 0 Å². The fourth-order valence-corrected chi connectivity index (χ4v) is 4.43. The van der Waals surface area contributed by atoms with Gasteiger partial charge in [0.2, 0.25) is 11.1 Å². The quantitative estimate of drug-likeness (QED) is 0.893. The molecular formula is C17H20N4O3S. The molecule has 3 heterocycles. The number of para-hydroxylation sites is 1. The molecule has 1 fully saturated rings. The molecule has 0 radical (unpaired) electrons. The van der Waals surface area contributed by atoms with Crippen molar-refractivity contribution in [1.82, 2.24) is 9.36 Å². The maximum Gasteiger partial charge on any atom is 0.312 e. The Morgan fingerprint density at radius 2 is 2.24 bits per heavy atom. The van der Waals surface area contributed by atoms with Gasteiger partial charge >= 0.3 is 5.97 Å². The highest BCUT2D eigenvalue weighted by atomic mass is 32.1. The highest BCUT2D eigenvalue weighted by molar-refractivity contribution is 7.09. The molecule has 132 valence electrons. The molecule has 1 aromatic carbocycles. The average Bonchev–Trinajstić information content (AvgIpc) is 3.17. The first-order valence-electron chi connectivity index (χ1n) is 8.20. The molecule has 7 nitrogen and oxygen atoms in total. The van der Waals surface area contributed by atoms with Gasteiger partial charge in [0, 0.05) is 44.6 Å². The number of fused-ring (bicyclic) bond motifs is 2. The Hall–Kier alpha value is -2.35. The van der Waals surface area contributed by atoms with Crippen LogP contribution in [0.2, 0.25) is 0 Å². The van der Waals surface area contributed by atoms with Gasteiger partial charge in [-0.1, -0.05) is 18.2 Å². The van der Waals surface area contributed by atoms with Crippen molar-refractivity contribution in [2.24, 2.45) is 11.3 Å². The fourth-order valence-electron chi connectivity index (χ4n) is 3.69. The standard InChI is InChI=1S/C17H20N4O3S/c1-20(2)15-18-16(25-19-15)21-8-12-9-24-13-6-4-3-5-11(13)7-17(12,10-21)14(22)23/h3-6,12H,7-10H2,1-2H3,(H,22,23). The predicted octanol–water partition coefficient (Wildman–Crippen LogP) is 1.75. The van der Waals surface area contributed by atoms with Crippen molar-refractivity contribution in [1.29, 1.82) is 0 Å². The minimum atomic E-state index is -0.865. The van der Waals surface area contributed by atoms with Crippen LogP contribution >= 0.6 is 11.5 Å². The van der Waals surface area contributed by atoms with Gasteiger partial charge in [-0.15, -0.1) is 0 Å². The first-order valence-corrected chi connectivity index (χ1v) is 8.97. The molecule has 1 N–H and O–H groups in total. The van der Waals surface area contributed by atoms with Gasteiger partial charge in [-0.2, -0.15) is 9.36 Å². The Balaban J connectivity index is 1.67. The molecule has 25 heavy (non-hydrogen) atoms. The molecule has 1 aromatic heterocycles. The van der Waals surface area contributed by atoms with E-state index < -0.39 is 11.4 Å². The molecule has 8 heteroatoms. The van der Waals surface area contributed by atoms with E-state index in [1.165, 1.54) is 11.5 Å². The van der Waals surface area contributed by atoms with Crippen LogP contribution in [-0.2, 0) is 11.2 Å². The van der Waals surface area contributed by atoms with Crippen LogP contribution in [0.5, 0.6) is 5.75 Å². The van der Waals surface area contributed by atoms with E-state index in [9.17, 15) is 9.90 Å². The normalized spacial score (nSPS) is 24.9. The minimum absolute atomic E-state index is 0.0934. The van der Waals surface area contributed by atoms with Crippen molar-refractivity contribution in [2.45, 2.75) is 6.42 Å². The SMILES string of the molecule is CN(C)c1nsc(N2CC3COc4ccccc4CC3(C(=O)O)C2)n1.